The monoisotopic (exact) mass is 395 g/mol. The van der Waals surface area contributed by atoms with E-state index in [9.17, 15) is 0 Å². The molecule has 1 saturated heterocycles. The molecule has 1 N–H and O–H groups in total. The molecule has 1 fully saturated rings. The van der Waals surface area contributed by atoms with E-state index in [1.807, 2.05) is 47.0 Å². The van der Waals surface area contributed by atoms with Crippen molar-refractivity contribution in [1.29, 1.82) is 0 Å². The maximum Gasteiger partial charge on any atom is 0.199 e. The second-order valence-corrected chi connectivity index (χ2v) is 7.51. The third kappa shape index (κ3) is 4.49. The van der Waals surface area contributed by atoms with Crippen LogP contribution in [0, 0.1) is 4.77 Å². The van der Waals surface area contributed by atoms with Crippen molar-refractivity contribution in [3.63, 3.8) is 0 Å². The molecule has 4 rings (SSSR count). The van der Waals surface area contributed by atoms with Gasteiger partial charge in [0.05, 0.1) is 6.54 Å². The molecule has 1 aromatic heterocycles. The third-order valence-electron chi connectivity index (χ3n) is 5.05. The quantitative estimate of drug-likeness (QED) is 0.649. The number of hydrogen-bond acceptors (Lipinski definition) is 5. The van der Waals surface area contributed by atoms with Gasteiger partial charge in [-0.15, -0.1) is 0 Å². The van der Waals surface area contributed by atoms with E-state index in [4.69, 9.17) is 17.0 Å². The van der Waals surface area contributed by atoms with E-state index in [0.29, 0.717) is 11.4 Å². The average molecular weight is 396 g/mol. The fourth-order valence-electron chi connectivity index (χ4n) is 3.34. The standard InChI is InChI=1S/C21H25N5OS/c1-24-11-13-25(14-12-24)15-20-22-23-21(28)26(20)18-7-9-19(10-8-18)27-16-17-5-3-2-4-6-17/h2-10H,11-16H2,1H3,(H,23,28). The summed E-state index contributed by atoms with van der Waals surface area (Å²) in [5.41, 5.74) is 2.15. The topological polar surface area (TPSA) is 49.3 Å². The van der Waals surface area contributed by atoms with E-state index >= 15 is 0 Å². The van der Waals surface area contributed by atoms with Crippen molar-refractivity contribution in [2.75, 3.05) is 33.2 Å². The minimum atomic E-state index is 0.556. The van der Waals surface area contributed by atoms with Gasteiger partial charge in [0.2, 0.25) is 0 Å². The molecule has 28 heavy (non-hydrogen) atoms. The summed E-state index contributed by atoms with van der Waals surface area (Å²) < 4.78 is 8.51. The lowest BCUT2D eigenvalue weighted by Crippen LogP contribution is -2.44. The van der Waals surface area contributed by atoms with Crippen LogP contribution in [0.15, 0.2) is 54.6 Å². The molecule has 146 valence electrons. The molecule has 1 aliphatic heterocycles. The molecular formula is C21H25N5OS. The van der Waals surface area contributed by atoms with E-state index in [-0.39, 0.29) is 0 Å². The normalized spacial score (nSPS) is 15.6. The number of nitrogens with zero attached hydrogens (tertiary/aromatic N) is 4. The van der Waals surface area contributed by atoms with Crippen LogP contribution < -0.4 is 4.74 Å². The maximum absolute atomic E-state index is 5.88. The number of ether oxygens (including phenoxy) is 1. The summed E-state index contributed by atoms with van der Waals surface area (Å²) in [6.07, 6.45) is 0. The second-order valence-electron chi connectivity index (χ2n) is 7.13. The molecule has 0 radical (unpaired) electrons. The molecule has 3 aromatic rings. The molecular weight excluding hydrogens is 370 g/mol. The van der Waals surface area contributed by atoms with Gasteiger partial charge in [0.15, 0.2) is 4.77 Å². The average Bonchev–Trinajstić information content (AvgIpc) is 3.09. The molecule has 0 aliphatic carbocycles. The van der Waals surface area contributed by atoms with E-state index in [1.165, 1.54) is 0 Å². The molecule has 0 atom stereocenters. The number of H-pyrrole nitrogens is 1. The number of aromatic nitrogens is 3. The van der Waals surface area contributed by atoms with E-state index in [1.54, 1.807) is 0 Å². The molecule has 2 heterocycles. The van der Waals surface area contributed by atoms with E-state index in [0.717, 1.165) is 55.5 Å². The summed E-state index contributed by atoms with van der Waals surface area (Å²) in [4.78, 5) is 4.76. The van der Waals surface area contributed by atoms with Crippen molar-refractivity contribution in [3.8, 4) is 11.4 Å². The van der Waals surface area contributed by atoms with Gasteiger partial charge in [0.25, 0.3) is 0 Å². The van der Waals surface area contributed by atoms with Gasteiger partial charge >= 0.3 is 0 Å². The highest BCUT2D eigenvalue weighted by Crippen LogP contribution is 2.19. The highest BCUT2D eigenvalue weighted by Gasteiger charge is 2.17. The molecule has 0 amide bonds. The van der Waals surface area contributed by atoms with Gasteiger partial charge in [-0.05, 0) is 49.1 Å². The smallest absolute Gasteiger partial charge is 0.199 e. The van der Waals surface area contributed by atoms with Crippen LogP contribution in [0.2, 0.25) is 0 Å². The second kappa shape index (κ2) is 8.68. The maximum atomic E-state index is 5.88. The Morgan fingerprint density at radius 3 is 2.43 bits per heavy atom. The SMILES string of the molecule is CN1CCN(Cc2n[nH]c(=S)n2-c2ccc(OCc3ccccc3)cc2)CC1. The molecule has 6 nitrogen and oxygen atoms in total. The number of piperazine rings is 1. The minimum absolute atomic E-state index is 0.556. The summed E-state index contributed by atoms with van der Waals surface area (Å²) in [6, 6.07) is 18.2. The van der Waals surface area contributed by atoms with Gasteiger partial charge < -0.3 is 9.64 Å². The molecule has 0 spiro atoms. The number of hydrogen-bond donors (Lipinski definition) is 1. The Balaban J connectivity index is 1.45. The van der Waals surface area contributed by atoms with Gasteiger partial charge in [-0.3, -0.25) is 14.6 Å². The van der Waals surface area contributed by atoms with Crippen LogP contribution in [0.5, 0.6) is 5.75 Å². The Morgan fingerprint density at radius 1 is 1.00 bits per heavy atom. The molecule has 0 bridgehead atoms. The fraction of sp³-hybridized carbons (Fsp3) is 0.333. The minimum Gasteiger partial charge on any atom is -0.489 e. The number of nitrogens with one attached hydrogen (secondary N) is 1. The van der Waals surface area contributed by atoms with Crippen molar-refractivity contribution in [2.24, 2.45) is 0 Å². The lowest BCUT2D eigenvalue weighted by Gasteiger charge is -2.31. The van der Waals surface area contributed by atoms with Crippen molar-refractivity contribution in [1.82, 2.24) is 24.6 Å². The summed E-state index contributed by atoms with van der Waals surface area (Å²) >= 11 is 5.48. The number of aromatic amines is 1. The van der Waals surface area contributed by atoms with E-state index < -0.39 is 0 Å². The van der Waals surface area contributed by atoms with Gasteiger partial charge in [0, 0.05) is 31.9 Å². The Kier molecular flexibility index (Phi) is 5.85. The number of rotatable bonds is 6. The first-order chi connectivity index (χ1) is 13.7. The summed E-state index contributed by atoms with van der Waals surface area (Å²) in [5.74, 6) is 1.77. The predicted molar refractivity (Wildman–Crippen MR) is 112 cm³/mol. The van der Waals surface area contributed by atoms with Crippen molar-refractivity contribution >= 4 is 12.2 Å². The van der Waals surface area contributed by atoms with Crippen LogP contribution in [-0.4, -0.2) is 57.8 Å². The van der Waals surface area contributed by atoms with Gasteiger partial charge in [0.1, 0.15) is 18.2 Å². The molecule has 1 aliphatic rings. The third-order valence-corrected chi connectivity index (χ3v) is 5.32. The number of benzene rings is 2. The molecule has 2 aromatic carbocycles. The fourth-order valence-corrected chi connectivity index (χ4v) is 3.60. The molecule has 7 heteroatoms. The first-order valence-electron chi connectivity index (χ1n) is 9.53. The Morgan fingerprint density at radius 2 is 1.71 bits per heavy atom. The van der Waals surface area contributed by atoms with Crippen LogP contribution in [0.4, 0.5) is 0 Å². The lowest BCUT2D eigenvalue weighted by molar-refractivity contribution is 0.145. The Labute approximate surface area is 170 Å². The Hall–Kier alpha value is -2.48. The van der Waals surface area contributed by atoms with Crippen LogP contribution in [-0.2, 0) is 13.2 Å². The summed E-state index contributed by atoms with van der Waals surface area (Å²) in [6.45, 7) is 5.59. The highest BCUT2D eigenvalue weighted by atomic mass is 32.1. The van der Waals surface area contributed by atoms with Crippen LogP contribution in [0.25, 0.3) is 5.69 Å². The zero-order valence-electron chi connectivity index (χ0n) is 16.0. The first-order valence-corrected chi connectivity index (χ1v) is 9.94. The summed E-state index contributed by atoms with van der Waals surface area (Å²) in [5, 5.41) is 7.41. The van der Waals surface area contributed by atoms with Gasteiger partial charge in [-0.25, -0.2) is 0 Å². The summed E-state index contributed by atoms with van der Waals surface area (Å²) in [7, 11) is 2.16. The van der Waals surface area contributed by atoms with Gasteiger partial charge in [-0.2, -0.15) is 5.10 Å². The van der Waals surface area contributed by atoms with Crippen LogP contribution in [0.3, 0.4) is 0 Å². The van der Waals surface area contributed by atoms with E-state index in [2.05, 4.69) is 39.2 Å². The van der Waals surface area contributed by atoms with Crippen LogP contribution >= 0.6 is 12.2 Å². The van der Waals surface area contributed by atoms with Crippen molar-refractivity contribution in [3.05, 3.63) is 70.8 Å². The molecule has 0 saturated carbocycles. The van der Waals surface area contributed by atoms with Crippen molar-refractivity contribution < 1.29 is 4.74 Å². The predicted octanol–water partition coefficient (Wildman–Crippen LogP) is 3.26. The lowest BCUT2D eigenvalue weighted by atomic mass is 10.2. The largest absolute Gasteiger partial charge is 0.489 e. The van der Waals surface area contributed by atoms with Gasteiger partial charge in [-0.1, -0.05) is 30.3 Å². The molecule has 0 unspecified atom stereocenters. The Bertz CT molecular complexity index is 943. The number of likely N-dealkylation sites (N-methyl/N-ethyl adjacent to an activating group) is 1. The van der Waals surface area contributed by atoms with Crippen LogP contribution in [0.1, 0.15) is 11.4 Å². The highest BCUT2D eigenvalue weighted by molar-refractivity contribution is 7.71. The zero-order chi connectivity index (χ0) is 19.3. The van der Waals surface area contributed by atoms with Crippen molar-refractivity contribution in [2.45, 2.75) is 13.2 Å². The zero-order valence-corrected chi connectivity index (χ0v) is 16.9. The first kappa shape index (κ1) is 18.9.